The molecule has 0 aromatic heterocycles. The van der Waals surface area contributed by atoms with E-state index in [4.69, 9.17) is 11.6 Å². The summed E-state index contributed by atoms with van der Waals surface area (Å²) in [7, 11) is -3.88. The van der Waals surface area contributed by atoms with Crippen molar-refractivity contribution in [3.05, 3.63) is 77.3 Å². The quantitative estimate of drug-likeness (QED) is 0.496. The minimum absolute atomic E-state index is 0.120. The molecule has 0 aliphatic carbocycles. The summed E-state index contributed by atoms with van der Waals surface area (Å²) in [6, 6.07) is 13.3. The highest BCUT2D eigenvalue weighted by molar-refractivity contribution is 7.89. The average Bonchev–Trinajstić information content (AvgIpc) is 2.78. The number of piperidine rings is 1. The normalized spacial score (nSPS) is 17.8. The molecule has 36 heavy (non-hydrogen) atoms. The zero-order valence-corrected chi connectivity index (χ0v) is 22.7. The van der Waals surface area contributed by atoms with Gasteiger partial charge in [-0.25, -0.2) is 8.42 Å². The molecular formula is C27H34ClN3O4S. The number of hydrogen-bond acceptors (Lipinski definition) is 4. The molecule has 2 amide bonds. The maximum atomic E-state index is 13.7. The highest BCUT2D eigenvalue weighted by Crippen LogP contribution is 2.42. The first-order chi connectivity index (χ1) is 16.8. The lowest BCUT2D eigenvalue weighted by Crippen LogP contribution is -2.65. The molecule has 1 heterocycles. The third-order valence-electron chi connectivity index (χ3n) is 6.39. The van der Waals surface area contributed by atoms with Crippen LogP contribution in [0, 0.1) is 0 Å². The van der Waals surface area contributed by atoms with Gasteiger partial charge in [0.15, 0.2) is 0 Å². The van der Waals surface area contributed by atoms with Crippen LogP contribution < -0.4 is 10.6 Å². The number of hydrogen-bond donors (Lipinski definition) is 2. The van der Waals surface area contributed by atoms with Gasteiger partial charge in [-0.05, 0) is 95.0 Å². The van der Waals surface area contributed by atoms with Crippen molar-refractivity contribution in [3.8, 4) is 0 Å². The third-order valence-corrected chi connectivity index (χ3v) is 8.98. The minimum Gasteiger partial charge on any atom is -0.352 e. The summed E-state index contributed by atoms with van der Waals surface area (Å²) in [6.45, 7) is 11.4. The molecule has 2 aromatic carbocycles. The zero-order valence-electron chi connectivity index (χ0n) is 21.2. The van der Waals surface area contributed by atoms with Crippen LogP contribution in [0.3, 0.4) is 0 Å². The van der Waals surface area contributed by atoms with Crippen LogP contribution >= 0.6 is 11.6 Å². The van der Waals surface area contributed by atoms with Crippen LogP contribution in [0.15, 0.2) is 66.1 Å². The number of benzene rings is 2. The molecule has 0 spiro atoms. The predicted octanol–water partition coefficient (Wildman–Crippen LogP) is 4.33. The molecule has 9 heteroatoms. The number of carbonyl (C=O) groups excluding carboxylic acids is 2. The summed E-state index contributed by atoms with van der Waals surface area (Å²) in [5, 5.41) is 6.43. The van der Waals surface area contributed by atoms with Gasteiger partial charge in [0.25, 0.3) is 5.91 Å². The number of sulfonamides is 1. The molecule has 7 nitrogen and oxygen atoms in total. The molecule has 1 saturated heterocycles. The number of amides is 2. The summed E-state index contributed by atoms with van der Waals surface area (Å²) in [4.78, 5) is 24.5. The lowest BCUT2D eigenvalue weighted by molar-refractivity contribution is -0.118. The Morgan fingerprint density at radius 3 is 2.11 bits per heavy atom. The second kappa shape index (κ2) is 10.7. The minimum atomic E-state index is -3.88. The molecular weight excluding hydrogens is 498 g/mol. The lowest BCUT2D eigenvalue weighted by atomic mass is 9.79. The molecule has 1 aliphatic rings. The number of halogens is 1. The molecule has 0 atom stereocenters. The Labute approximate surface area is 219 Å². The summed E-state index contributed by atoms with van der Waals surface area (Å²) in [6.07, 6.45) is 2.80. The Bertz CT molecular complexity index is 1200. The maximum absolute atomic E-state index is 13.7. The molecule has 0 saturated carbocycles. The van der Waals surface area contributed by atoms with E-state index in [9.17, 15) is 18.0 Å². The first kappa shape index (κ1) is 27.9. The van der Waals surface area contributed by atoms with Gasteiger partial charge < -0.3 is 10.6 Å². The van der Waals surface area contributed by atoms with Crippen LogP contribution in [0.25, 0.3) is 0 Å². The van der Waals surface area contributed by atoms with Crippen molar-refractivity contribution in [1.82, 2.24) is 14.9 Å². The lowest BCUT2D eigenvalue weighted by Gasteiger charge is -2.53. The van der Waals surface area contributed by atoms with Gasteiger partial charge >= 0.3 is 0 Å². The number of carbonyl (C=O) groups is 2. The van der Waals surface area contributed by atoms with Gasteiger partial charge in [-0.15, -0.1) is 0 Å². The van der Waals surface area contributed by atoms with Crippen LogP contribution in [-0.2, 0) is 21.2 Å². The van der Waals surface area contributed by atoms with Crippen molar-refractivity contribution in [3.63, 3.8) is 0 Å². The van der Waals surface area contributed by atoms with Gasteiger partial charge in [-0.3, -0.25) is 9.59 Å². The molecule has 0 bridgehead atoms. The van der Waals surface area contributed by atoms with Crippen molar-refractivity contribution < 1.29 is 18.0 Å². The van der Waals surface area contributed by atoms with Crippen LogP contribution in [0.5, 0.6) is 0 Å². The zero-order chi connectivity index (χ0) is 26.7. The smallest absolute Gasteiger partial charge is 0.251 e. The van der Waals surface area contributed by atoms with Crippen molar-refractivity contribution in [2.24, 2.45) is 0 Å². The Hall–Kier alpha value is -2.68. The fourth-order valence-electron chi connectivity index (χ4n) is 5.23. The number of rotatable bonds is 8. The summed E-state index contributed by atoms with van der Waals surface area (Å²) in [5.41, 5.74) is -0.0666. The van der Waals surface area contributed by atoms with E-state index < -0.39 is 21.1 Å². The largest absolute Gasteiger partial charge is 0.352 e. The summed E-state index contributed by atoms with van der Waals surface area (Å²) >= 11 is 5.90. The molecule has 0 unspecified atom stereocenters. The van der Waals surface area contributed by atoms with Crippen LogP contribution in [-0.4, -0.2) is 48.2 Å². The van der Waals surface area contributed by atoms with Gasteiger partial charge in [0.2, 0.25) is 15.9 Å². The first-order valence-corrected chi connectivity index (χ1v) is 13.7. The molecule has 2 N–H and O–H groups in total. The van der Waals surface area contributed by atoms with E-state index in [-0.39, 0.29) is 22.8 Å². The Morgan fingerprint density at radius 2 is 1.58 bits per heavy atom. The van der Waals surface area contributed by atoms with Gasteiger partial charge in [-0.2, -0.15) is 4.31 Å². The third kappa shape index (κ3) is 6.35. The second-order valence-corrected chi connectivity index (χ2v) is 12.6. The maximum Gasteiger partial charge on any atom is 0.251 e. The first-order valence-electron chi connectivity index (χ1n) is 11.9. The highest BCUT2D eigenvalue weighted by Gasteiger charge is 2.51. The predicted molar refractivity (Wildman–Crippen MR) is 142 cm³/mol. The fourth-order valence-corrected chi connectivity index (χ4v) is 7.50. The number of nitrogens with one attached hydrogen (secondary N) is 2. The Balaban J connectivity index is 1.71. The monoisotopic (exact) mass is 531 g/mol. The Morgan fingerprint density at radius 1 is 1.03 bits per heavy atom. The van der Waals surface area contributed by atoms with E-state index in [1.807, 2.05) is 39.8 Å². The van der Waals surface area contributed by atoms with Crippen molar-refractivity contribution in [2.75, 3.05) is 6.54 Å². The van der Waals surface area contributed by atoms with Crippen molar-refractivity contribution >= 4 is 33.4 Å². The molecule has 1 fully saturated rings. The van der Waals surface area contributed by atoms with Gasteiger partial charge in [-0.1, -0.05) is 30.3 Å². The second-order valence-electron chi connectivity index (χ2n) is 10.4. The van der Waals surface area contributed by atoms with E-state index in [0.29, 0.717) is 36.4 Å². The highest BCUT2D eigenvalue weighted by atomic mass is 35.5. The summed E-state index contributed by atoms with van der Waals surface area (Å²) in [5.74, 6) is -0.544. The molecule has 194 valence electrons. The average molecular weight is 532 g/mol. The molecule has 0 radical (unpaired) electrons. The topological polar surface area (TPSA) is 95.6 Å². The summed E-state index contributed by atoms with van der Waals surface area (Å²) < 4.78 is 29.0. The standard InChI is InChI=1S/C27H34ClN3O4S/c1-6-24(32)30-22-17-26(2,3)31(27(4,5)18-22)36(34,35)23-13-9-20(10-14-23)25(33)29-16-15-19-7-11-21(28)12-8-19/h6-14,22H,1,15-18H2,2-5H3,(H,29,33)(H,30,32). The van der Waals surface area contributed by atoms with E-state index in [0.717, 1.165) is 5.56 Å². The fraction of sp³-hybridized carbons (Fsp3) is 0.407. The van der Waals surface area contributed by atoms with Crippen LogP contribution in [0.4, 0.5) is 0 Å². The van der Waals surface area contributed by atoms with E-state index in [2.05, 4.69) is 17.2 Å². The van der Waals surface area contributed by atoms with Crippen LogP contribution in [0.2, 0.25) is 5.02 Å². The van der Waals surface area contributed by atoms with Gasteiger partial charge in [0, 0.05) is 34.3 Å². The van der Waals surface area contributed by atoms with E-state index in [1.165, 1.54) is 34.6 Å². The molecule has 1 aliphatic heterocycles. The molecule has 2 aromatic rings. The van der Waals surface area contributed by atoms with Crippen molar-refractivity contribution in [1.29, 1.82) is 0 Å². The van der Waals surface area contributed by atoms with E-state index >= 15 is 0 Å². The van der Waals surface area contributed by atoms with Crippen LogP contribution in [0.1, 0.15) is 56.5 Å². The van der Waals surface area contributed by atoms with Gasteiger partial charge in [0.1, 0.15) is 0 Å². The van der Waals surface area contributed by atoms with E-state index in [1.54, 1.807) is 12.1 Å². The molecule has 3 rings (SSSR count). The van der Waals surface area contributed by atoms with Crippen molar-refractivity contribution in [2.45, 2.75) is 69.0 Å². The number of nitrogens with zero attached hydrogens (tertiary/aromatic N) is 1. The Kier molecular flexibility index (Phi) is 8.33. The SMILES string of the molecule is C=CC(=O)NC1CC(C)(C)N(S(=O)(=O)c2ccc(C(=O)NCCc3ccc(Cl)cc3)cc2)C(C)(C)C1. The van der Waals surface area contributed by atoms with Gasteiger partial charge in [0.05, 0.1) is 4.90 Å².